The molecule has 1 saturated heterocycles. The van der Waals surface area contributed by atoms with Crippen molar-refractivity contribution in [2.75, 3.05) is 18.0 Å². The monoisotopic (exact) mass is 353 g/mol. The minimum absolute atomic E-state index is 0.169. The van der Waals surface area contributed by atoms with Gasteiger partial charge in [-0.1, -0.05) is 34.9 Å². The van der Waals surface area contributed by atoms with Crippen LogP contribution in [0.5, 0.6) is 0 Å². The van der Waals surface area contributed by atoms with Gasteiger partial charge in [-0.25, -0.2) is 0 Å². The van der Waals surface area contributed by atoms with E-state index in [-0.39, 0.29) is 5.84 Å². The number of oxime groups is 1. The van der Waals surface area contributed by atoms with Gasteiger partial charge in [-0.15, -0.1) is 0 Å². The zero-order valence-electron chi connectivity index (χ0n) is 12.7. The molecule has 116 valence electrons. The molecule has 0 radical (unpaired) electrons. The van der Waals surface area contributed by atoms with E-state index in [0.29, 0.717) is 0 Å². The van der Waals surface area contributed by atoms with Gasteiger partial charge in [0.25, 0.3) is 0 Å². The number of rotatable bonds is 3. The van der Waals surface area contributed by atoms with Gasteiger partial charge in [-0.05, 0) is 49.3 Å². The highest BCUT2D eigenvalue weighted by molar-refractivity contribution is 9.10. The standard InChI is InChI=1S/C16H24BrN3O/c1-11(2)12-4-3-8-20(9-7-12)15-10-13(17)5-6-14(15)16(18)19-21/h5-6,10-12,21H,3-4,7-9H2,1-2H3,(H2,18,19). The molecule has 3 N–H and O–H groups in total. The largest absolute Gasteiger partial charge is 0.409 e. The molecule has 21 heavy (non-hydrogen) atoms. The summed E-state index contributed by atoms with van der Waals surface area (Å²) in [6, 6.07) is 5.88. The molecular formula is C16H24BrN3O. The van der Waals surface area contributed by atoms with Crippen LogP contribution >= 0.6 is 15.9 Å². The second-order valence-electron chi connectivity index (χ2n) is 6.07. The minimum atomic E-state index is 0.169. The molecule has 1 unspecified atom stereocenters. The number of nitrogens with zero attached hydrogens (tertiary/aromatic N) is 2. The van der Waals surface area contributed by atoms with E-state index in [1.54, 1.807) is 0 Å². The van der Waals surface area contributed by atoms with E-state index >= 15 is 0 Å². The fourth-order valence-corrected chi connectivity index (χ4v) is 3.42. The van der Waals surface area contributed by atoms with Crippen LogP contribution in [0.4, 0.5) is 5.69 Å². The predicted molar refractivity (Wildman–Crippen MR) is 91.0 cm³/mol. The second kappa shape index (κ2) is 7.16. The minimum Gasteiger partial charge on any atom is -0.409 e. The van der Waals surface area contributed by atoms with Crippen LogP contribution in [0.2, 0.25) is 0 Å². The molecule has 1 fully saturated rings. The van der Waals surface area contributed by atoms with Crippen molar-refractivity contribution in [3.63, 3.8) is 0 Å². The van der Waals surface area contributed by atoms with Gasteiger partial charge in [0.2, 0.25) is 0 Å². The van der Waals surface area contributed by atoms with Gasteiger partial charge in [0.15, 0.2) is 5.84 Å². The van der Waals surface area contributed by atoms with Crippen LogP contribution in [0, 0.1) is 11.8 Å². The summed E-state index contributed by atoms with van der Waals surface area (Å²) in [4.78, 5) is 2.36. The molecule has 0 saturated carbocycles. The van der Waals surface area contributed by atoms with Gasteiger partial charge in [0.1, 0.15) is 0 Å². The average Bonchev–Trinajstić information content (AvgIpc) is 2.72. The molecule has 2 rings (SSSR count). The van der Waals surface area contributed by atoms with Gasteiger partial charge in [-0.2, -0.15) is 0 Å². The first-order valence-electron chi connectivity index (χ1n) is 7.55. The molecule has 5 heteroatoms. The molecule has 1 aromatic carbocycles. The maximum atomic E-state index is 8.98. The van der Waals surface area contributed by atoms with Crippen molar-refractivity contribution in [2.45, 2.75) is 33.1 Å². The molecule has 1 heterocycles. The van der Waals surface area contributed by atoms with Crippen molar-refractivity contribution in [2.24, 2.45) is 22.7 Å². The number of benzene rings is 1. The van der Waals surface area contributed by atoms with E-state index in [1.165, 1.54) is 19.3 Å². The van der Waals surface area contributed by atoms with Crippen LogP contribution in [0.25, 0.3) is 0 Å². The van der Waals surface area contributed by atoms with Gasteiger partial charge in [0.05, 0.1) is 0 Å². The summed E-state index contributed by atoms with van der Waals surface area (Å²) >= 11 is 3.52. The van der Waals surface area contributed by atoms with Crippen molar-refractivity contribution in [3.8, 4) is 0 Å². The number of hydrogen-bond donors (Lipinski definition) is 2. The van der Waals surface area contributed by atoms with E-state index in [1.807, 2.05) is 12.1 Å². The molecule has 1 aliphatic heterocycles. The van der Waals surface area contributed by atoms with Gasteiger partial charge in [0, 0.05) is 28.8 Å². The van der Waals surface area contributed by atoms with Gasteiger partial charge >= 0.3 is 0 Å². The van der Waals surface area contributed by atoms with Crippen molar-refractivity contribution >= 4 is 27.5 Å². The Morgan fingerprint density at radius 3 is 2.81 bits per heavy atom. The number of halogens is 1. The average molecular weight is 354 g/mol. The van der Waals surface area contributed by atoms with Crippen LogP contribution in [-0.2, 0) is 0 Å². The fourth-order valence-electron chi connectivity index (χ4n) is 3.07. The molecule has 0 aliphatic carbocycles. The smallest absolute Gasteiger partial charge is 0.172 e. The normalized spacial score (nSPS) is 20.7. The van der Waals surface area contributed by atoms with Crippen molar-refractivity contribution in [1.82, 2.24) is 0 Å². The molecule has 1 aromatic rings. The molecule has 4 nitrogen and oxygen atoms in total. The Labute approximate surface area is 135 Å². The first-order chi connectivity index (χ1) is 10.0. The van der Waals surface area contributed by atoms with E-state index < -0.39 is 0 Å². The predicted octanol–water partition coefficient (Wildman–Crippen LogP) is 3.81. The maximum absolute atomic E-state index is 8.98. The van der Waals surface area contributed by atoms with Crippen LogP contribution in [0.15, 0.2) is 27.8 Å². The van der Waals surface area contributed by atoms with Gasteiger partial charge in [-0.3, -0.25) is 0 Å². The summed E-state index contributed by atoms with van der Waals surface area (Å²) in [5.74, 6) is 1.69. The SMILES string of the molecule is CC(C)C1CCCN(c2cc(Br)ccc2/C(N)=N/O)CC1. The topological polar surface area (TPSA) is 61.8 Å². The molecule has 0 amide bonds. The third-order valence-corrected chi connectivity index (χ3v) is 4.89. The quantitative estimate of drug-likeness (QED) is 0.376. The second-order valence-corrected chi connectivity index (χ2v) is 6.98. The summed E-state index contributed by atoms with van der Waals surface area (Å²) in [7, 11) is 0. The zero-order chi connectivity index (χ0) is 15.4. The van der Waals surface area contributed by atoms with Crippen molar-refractivity contribution < 1.29 is 5.21 Å². The summed E-state index contributed by atoms with van der Waals surface area (Å²) < 4.78 is 1.01. The Bertz CT molecular complexity index is 516. The number of hydrogen-bond acceptors (Lipinski definition) is 3. The van der Waals surface area contributed by atoms with Crippen LogP contribution in [-0.4, -0.2) is 24.1 Å². The highest BCUT2D eigenvalue weighted by Gasteiger charge is 2.22. The third kappa shape index (κ3) is 3.90. The molecular weight excluding hydrogens is 330 g/mol. The summed E-state index contributed by atoms with van der Waals surface area (Å²) in [6.45, 7) is 6.65. The lowest BCUT2D eigenvalue weighted by Gasteiger charge is -2.26. The Kier molecular flexibility index (Phi) is 5.51. The van der Waals surface area contributed by atoms with Crippen LogP contribution in [0.1, 0.15) is 38.7 Å². The number of amidine groups is 1. The highest BCUT2D eigenvalue weighted by Crippen LogP contribution is 2.30. The molecule has 1 aliphatic rings. The maximum Gasteiger partial charge on any atom is 0.172 e. The summed E-state index contributed by atoms with van der Waals surface area (Å²) in [6.07, 6.45) is 3.66. The van der Waals surface area contributed by atoms with Crippen LogP contribution in [0.3, 0.4) is 0 Å². The lowest BCUT2D eigenvalue weighted by molar-refractivity contribution is 0.318. The van der Waals surface area contributed by atoms with E-state index in [9.17, 15) is 0 Å². The van der Waals surface area contributed by atoms with E-state index in [0.717, 1.165) is 40.6 Å². The number of anilines is 1. The van der Waals surface area contributed by atoms with Gasteiger partial charge < -0.3 is 15.8 Å². The zero-order valence-corrected chi connectivity index (χ0v) is 14.3. The third-order valence-electron chi connectivity index (χ3n) is 4.40. The molecule has 0 bridgehead atoms. The summed E-state index contributed by atoms with van der Waals surface area (Å²) in [5, 5.41) is 12.1. The lowest BCUT2D eigenvalue weighted by atomic mass is 9.89. The Morgan fingerprint density at radius 2 is 2.14 bits per heavy atom. The van der Waals surface area contributed by atoms with Crippen LogP contribution < -0.4 is 10.6 Å². The Hall–Kier alpha value is -1.23. The van der Waals surface area contributed by atoms with Crippen molar-refractivity contribution in [1.29, 1.82) is 0 Å². The highest BCUT2D eigenvalue weighted by atomic mass is 79.9. The Balaban J connectivity index is 2.27. The molecule has 1 atom stereocenters. The Morgan fingerprint density at radius 1 is 1.38 bits per heavy atom. The van der Waals surface area contributed by atoms with E-state index in [2.05, 4.69) is 45.9 Å². The molecule has 0 spiro atoms. The van der Waals surface area contributed by atoms with E-state index in [4.69, 9.17) is 10.9 Å². The van der Waals surface area contributed by atoms with Crippen molar-refractivity contribution in [3.05, 3.63) is 28.2 Å². The first-order valence-corrected chi connectivity index (χ1v) is 8.34. The fraction of sp³-hybridized carbons (Fsp3) is 0.562. The summed E-state index contributed by atoms with van der Waals surface area (Å²) in [5.41, 5.74) is 7.66. The first kappa shape index (κ1) is 16.1. The lowest BCUT2D eigenvalue weighted by Crippen LogP contribution is -2.28. The molecule has 0 aromatic heterocycles. The number of nitrogens with two attached hydrogens (primary N) is 1.